The number of methoxy groups -OCH3 is 1. The molecule has 1 aliphatic heterocycles. The molecule has 0 spiro atoms. The van der Waals surface area contributed by atoms with Gasteiger partial charge in [0.15, 0.2) is 29.6 Å². The molecule has 2 aromatic rings. The number of esters is 1. The van der Waals surface area contributed by atoms with Crippen LogP contribution in [0, 0.1) is 0 Å². The largest absolute Gasteiger partial charge is 0.504 e. The van der Waals surface area contributed by atoms with E-state index in [0.717, 1.165) is 6.42 Å². The predicted molar refractivity (Wildman–Crippen MR) is 95.6 cm³/mol. The van der Waals surface area contributed by atoms with Crippen LogP contribution in [0.5, 0.6) is 23.0 Å². The first-order valence-electron chi connectivity index (χ1n) is 8.31. The molecule has 8 nitrogen and oxygen atoms in total. The molecular formula is C19H19NO7. The van der Waals surface area contributed by atoms with Gasteiger partial charge < -0.3 is 29.4 Å². The summed E-state index contributed by atoms with van der Waals surface area (Å²) in [6.07, 6.45) is 0.781. The number of rotatable bonds is 5. The van der Waals surface area contributed by atoms with Crippen molar-refractivity contribution in [3.8, 4) is 23.0 Å². The lowest BCUT2D eigenvalue weighted by molar-refractivity contribution is -0.119. The zero-order valence-corrected chi connectivity index (χ0v) is 14.7. The van der Waals surface area contributed by atoms with Gasteiger partial charge in [-0.15, -0.1) is 0 Å². The molecule has 27 heavy (non-hydrogen) atoms. The molecule has 0 saturated carbocycles. The van der Waals surface area contributed by atoms with Gasteiger partial charge >= 0.3 is 5.97 Å². The molecule has 0 aliphatic carbocycles. The number of phenolic OH excluding ortho intramolecular Hbond substituents is 1. The van der Waals surface area contributed by atoms with Gasteiger partial charge in [-0.3, -0.25) is 4.79 Å². The molecule has 0 bridgehead atoms. The first-order chi connectivity index (χ1) is 13.1. The Morgan fingerprint density at radius 2 is 1.93 bits per heavy atom. The van der Waals surface area contributed by atoms with Gasteiger partial charge in [-0.1, -0.05) is 6.07 Å². The van der Waals surface area contributed by atoms with Crippen LogP contribution >= 0.6 is 0 Å². The van der Waals surface area contributed by atoms with E-state index in [1.54, 1.807) is 18.2 Å². The monoisotopic (exact) mass is 373 g/mol. The molecule has 0 atom stereocenters. The van der Waals surface area contributed by atoms with Crippen LogP contribution in [0.1, 0.15) is 16.8 Å². The number of carbonyl (C=O) groups excluding carboxylic acids is 2. The minimum atomic E-state index is -0.833. The topological polar surface area (TPSA) is 103 Å². The van der Waals surface area contributed by atoms with Crippen LogP contribution < -0.4 is 19.5 Å². The fourth-order valence-electron chi connectivity index (χ4n) is 2.50. The normalized spacial score (nSPS) is 12.6. The molecule has 1 heterocycles. The number of fused-ring (bicyclic) bond motifs is 1. The molecule has 1 amide bonds. The van der Waals surface area contributed by atoms with Crippen molar-refractivity contribution in [2.75, 3.05) is 32.2 Å². The highest BCUT2D eigenvalue weighted by Gasteiger charge is 2.18. The third-order valence-electron chi connectivity index (χ3n) is 3.80. The van der Waals surface area contributed by atoms with Gasteiger partial charge in [0.1, 0.15) is 5.56 Å². The van der Waals surface area contributed by atoms with E-state index in [1.165, 1.54) is 25.3 Å². The van der Waals surface area contributed by atoms with Crippen LogP contribution in [0.15, 0.2) is 36.4 Å². The highest BCUT2D eigenvalue weighted by atomic mass is 16.5. The standard InChI is InChI=1S/C19H19NO7/c1-24-15-5-2-4-13(18(15)22)19(23)27-11-17(21)20-12-6-7-14-16(10-12)26-9-3-8-25-14/h2,4-7,10,22H,3,8-9,11H2,1H3,(H,20,21). The minimum absolute atomic E-state index is 0.0854. The van der Waals surface area contributed by atoms with Crippen molar-refractivity contribution in [1.29, 1.82) is 0 Å². The number of hydrogen-bond donors (Lipinski definition) is 2. The van der Waals surface area contributed by atoms with E-state index in [-0.39, 0.29) is 17.1 Å². The van der Waals surface area contributed by atoms with E-state index in [9.17, 15) is 14.7 Å². The number of phenols is 1. The molecule has 0 radical (unpaired) electrons. The van der Waals surface area contributed by atoms with Crippen molar-refractivity contribution >= 4 is 17.6 Å². The maximum atomic E-state index is 12.1. The third-order valence-corrected chi connectivity index (χ3v) is 3.80. The van der Waals surface area contributed by atoms with Crippen LogP contribution in [-0.4, -0.2) is 43.9 Å². The summed E-state index contributed by atoms with van der Waals surface area (Å²) < 4.78 is 21.0. The highest BCUT2D eigenvalue weighted by Crippen LogP contribution is 2.32. The first-order valence-corrected chi connectivity index (χ1v) is 8.31. The summed E-state index contributed by atoms with van der Waals surface area (Å²) in [4.78, 5) is 24.1. The smallest absolute Gasteiger partial charge is 0.342 e. The Labute approximate surface area is 155 Å². The summed E-state index contributed by atoms with van der Waals surface area (Å²) in [7, 11) is 1.37. The molecule has 0 fully saturated rings. The number of carbonyl (C=O) groups is 2. The predicted octanol–water partition coefficient (Wildman–Crippen LogP) is 2.36. The summed E-state index contributed by atoms with van der Waals surface area (Å²) in [6.45, 7) is 0.599. The molecule has 0 saturated heterocycles. The Bertz CT molecular complexity index is 850. The zero-order valence-electron chi connectivity index (χ0n) is 14.7. The lowest BCUT2D eigenvalue weighted by atomic mass is 10.2. The number of hydrogen-bond acceptors (Lipinski definition) is 7. The van der Waals surface area contributed by atoms with Crippen LogP contribution in [0.25, 0.3) is 0 Å². The molecule has 142 valence electrons. The van der Waals surface area contributed by atoms with Gasteiger partial charge in [-0.25, -0.2) is 4.79 Å². The van der Waals surface area contributed by atoms with E-state index in [1.807, 2.05) is 0 Å². The van der Waals surface area contributed by atoms with Gasteiger partial charge in [-0.2, -0.15) is 0 Å². The third kappa shape index (κ3) is 4.41. The van der Waals surface area contributed by atoms with Gasteiger partial charge in [-0.05, 0) is 24.3 Å². The Kier molecular flexibility index (Phi) is 5.65. The average molecular weight is 373 g/mol. The fraction of sp³-hybridized carbons (Fsp3) is 0.263. The van der Waals surface area contributed by atoms with Gasteiger partial charge in [0.05, 0.1) is 20.3 Å². The lowest BCUT2D eigenvalue weighted by Gasteiger charge is -2.11. The first kappa shape index (κ1) is 18.4. The maximum absolute atomic E-state index is 12.1. The summed E-state index contributed by atoms with van der Waals surface area (Å²) in [5.41, 5.74) is 0.405. The van der Waals surface area contributed by atoms with Crippen LogP contribution in [0.4, 0.5) is 5.69 Å². The SMILES string of the molecule is COc1cccc(C(=O)OCC(=O)Nc2ccc3c(c2)OCCCO3)c1O. The Hall–Kier alpha value is -3.42. The maximum Gasteiger partial charge on any atom is 0.342 e. The number of aromatic hydroxyl groups is 1. The number of ether oxygens (including phenoxy) is 4. The zero-order chi connectivity index (χ0) is 19.2. The van der Waals surface area contributed by atoms with Gasteiger partial charge in [0, 0.05) is 18.2 Å². The Balaban J connectivity index is 1.58. The second-order valence-corrected chi connectivity index (χ2v) is 5.69. The number of nitrogens with one attached hydrogen (secondary N) is 1. The highest BCUT2D eigenvalue weighted by molar-refractivity contribution is 5.97. The second kappa shape index (κ2) is 8.31. The van der Waals surface area contributed by atoms with Crippen molar-refractivity contribution in [3.05, 3.63) is 42.0 Å². The summed E-state index contributed by atoms with van der Waals surface area (Å²) >= 11 is 0. The molecule has 0 aromatic heterocycles. The molecule has 3 rings (SSSR count). The Morgan fingerprint density at radius 1 is 1.15 bits per heavy atom. The molecule has 2 aromatic carbocycles. The quantitative estimate of drug-likeness (QED) is 0.776. The van der Waals surface area contributed by atoms with Crippen molar-refractivity contribution in [2.24, 2.45) is 0 Å². The fourth-order valence-corrected chi connectivity index (χ4v) is 2.50. The van der Waals surface area contributed by atoms with E-state index < -0.39 is 18.5 Å². The number of para-hydroxylation sites is 1. The molecule has 0 unspecified atom stereocenters. The van der Waals surface area contributed by atoms with Crippen LogP contribution in [-0.2, 0) is 9.53 Å². The van der Waals surface area contributed by atoms with E-state index in [0.29, 0.717) is 30.4 Å². The van der Waals surface area contributed by atoms with Gasteiger partial charge in [0.25, 0.3) is 5.91 Å². The van der Waals surface area contributed by atoms with Crippen molar-refractivity contribution in [3.63, 3.8) is 0 Å². The molecule has 2 N–H and O–H groups in total. The van der Waals surface area contributed by atoms with Crippen LogP contribution in [0.3, 0.4) is 0 Å². The summed E-state index contributed by atoms with van der Waals surface area (Å²) in [5, 5.41) is 12.6. The van der Waals surface area contributed by atoms with E-state index in [2.05, 4.69) is 5.32 Å². The number of amides is 1. The molecular weight excluding hydrogens is 354 g/mol. The van der Waals surface area contributed by atoms with Gasteiger partial charge in [0.2, 0.25) is 0 Å². The minimum Gasteiger partial charge on any atom is -0.504 e. The lowest BCUT2D eigenvalue weighted by Crippen LogP contribution is -2.21. The van der Waals surface area contributed by atoms with Crippen LogP contribution in [0.2, 0.25) is 0 Å². The van der Waals surface area contributed by atoms with Crippen molar-refractivity contribution < 1.29 is 33.6 Å². The number of benzene rings is 2. The van der Waals surface area contributed by atoms with Crippen molar-refractivity contribution in [1.82, 2.24) is 0 Å². The summed E-state index contributed by atoms with van der Waals surface area (Å²) in [6, 6.07) is 9.43. The summed E-state index contributed by atoms with van der Waals surface area (Å²) in [5.74, 6) is -0.399. The second-order valence-electron chi connectivity index (χ2n) is 5.69. The van der Waals surface area contributed by atoms with Crippen molar-refractivity contribution in [2.45, 2.75) is 6.42 Å². The van der Waals surface area contributed by atoms with E-state index >= 15 is 0 Å². The van der Waals surface area contributed by atoms with E-state index in [4.69, 9.17) is 18.9 Å². The molecule has 1 aliphatic rings. The molecule has 8 heteroatoms. The average Bonchev–Trinajstić information content (AvgIpc) is 2.91. The Morgan fingerprint density at radius 3 is 2.70 bits per heavy atom. The number of anilines is 1.